The number of nitrogens with zero attached hydrogens (tertiary/aromatic N) is 1. The monoisotopic (exact) mass is 597 g/mol. The van der Waals surface area contributed by atoms with Crippen molar-refractivity contribution < 1.29 is 27.9 Å². The molecule has 230 valence electrons. The van der Waals surface area contributed by atoms with E-state index < -0.39 is 40.3 Å². The second-order valence-electron chi connectivity index (χ2n) is 15.0. The predicted molar refractivity (Wildman–Crippen MR) is 166 cm³/mol. The molecule has 3 atom stereocenters. The van der Waals surface area contributed by atoms with Gasteiger partial charge in [0.05, 0.1) is 37.1 Å². The number of carbonyl (C=O) groups excluding carboxylic acids is 2. The Labute approximate surface area is 244 Å². The third-order valence-electron chi connectivity index (χ3n) is 8.60. The fourth-order valence-electron chi connectivity index (χ4n) is 4.25. The van der Waals surface area contributed by atoms with Crippen LogP contribution in [0.1, 0.15) is 97.8 Å². The Morgan fingerprint density at radius 1 is 1.00 bits per heavy atom. The molecule has 0 radical (unpaired) electrons. The maximum atomic E-state index is 13.9. The highest BCUT2D eigenvalue weighted by Crippen LogP contribution is 2.47. The molecule has 2 heterocycles. The van der Waals surface area contributed by atoms with Gasteiger partial charge in [-0.3, -0.25) is 4.90 Å². The predicted octanol–water partition coefficient (Wildman–Crippen LogP) is 7.24. The van der Waals surface area contributed by atoms with Gasteiger partial charge in [0.2, 0.25) is 0 Å². The van der Waals surface area contributed by atoms with Gasteiger partial charge in [-0.1, -0.05) is 41.5 Å². The molecule has 2 rings (SSSR count). The normalized spacial score (nSPS) is 21.1. The SMILES string of the molecule is CCOC(=O)c1[nH]cc([C@H]2[C@H](O[Si](C)(C)C(C)(C)C)C[C@@H](CO[Si](C)(C)C(C)(C)C)N2C(=O)OC(C)(C)C)c1N. The molecule has 9 nitrogen and oxygen atoms in total. The van der Waals surface area contributed by atoms with E-state index in [1.807, 2.05) is 20.8 Å². The van der Waals surface area contributed by atoms with E-state index in [1.165, 1.54) is 0 Å². The van der Waals surface area contributed by atoms with Crippen LogP contribution in [0.2, 0.25) is 36.3 Å². The number of nitrogen functional groups attached to an aromatic ring is 1. The average molecular weight is 598 g/mol. The van der Waals surface area contributed by atoms with Gasteiger partial charge in [-0.25, -0.2) is 9.59 Å². The van der Waals surface area contributed by atoms with Gasteiger partial charge in [0.1, 0.15) is 11.3 Å². The molecule has 40 heavy (non-hydrogen) atoms. The number of hydrogen-bond donors (Lipinski definition) is 2. The summed E-state index contributed by atoms with van der Waals surface area (Å²) in [4.78, 5) is 31.3. The second kappa shape index (κ2) is 11.8. The zero-order valence-electron chi connectivity index (χ0n) is 27.4. The lowest BCUT2D eigenvalue weighted by Gasteiger charge is -2.40. The van der Waals surface area contributed by atoms with Crippen molar-refractivity contribution in [2.45, 2.75) is 136 Å². The average Bonchev–Trinajstić information content (AvgIpc) is 3.29. The summed E-state index contributed by atoms with van der Waals surface area (Å²) in [6.07, 6.45) is 1.43. The molecule has 1 aromatic heterocycles. The lowest BCUT2D eigenvalue weighted by Crippen LogP contribution is -2.48. The van der Waals surface area contributed by atoms with Crippen LogP contribution in [0.5, 0.6) is 0 Å². The Morgan fingerprint density at radius 2 is 1.55 bits per heavy atom. The molecule has 1 saturated heterocycles. The topological polar surface area (TPSA) is 116 Å². The number of hydrogen-bond acceptors (Lipinski definition) is 7. The Balaban J connectivity index is 2.66. The number of esters is 1. The summed E-state index contributed by atoms with van der Waals surface area (Å²) < 4.78 is 24.8. The lowest BCUT2D eigenvalue weighted by atomic mass is 10.0. The largest absolute Gasteiger partial charge is 0.461 e. The number of H-pyrrole nitrogens is 1. The summed E-state index contributed by atoms with van der Waals surface area (Å²) in [6, 6.07) is -0.875. The van der Waals surface area contributed by atoms with Gasteiger partial charge in [0.25, 0.3) is 0 Å². The molecule has 1 fully saturated rings. The van der Waals surface area contributed by atoms with Crippen molar-refractivity contribution in [1.29, 1.82) is 0 Å². The molecule has 1 aliphatic heterocycles. The third kappa shape index (κ3) is 7.71. The van der Waals surface area contributed by atoms with Crippen molar-refractivity contribution in [2.24, 2.45) is 0 Å². The first-order valence-corrected chi connectivity index (χ1v) is 20.2. The van der Waals surface area contributed by atoms with Crippen LogP contribution in [-0.2, 0) is 18.3 Å². The number of aromatic nitrogens is 1. The fourth-order valence-corrected chi connectivity index (χ4v) is 6.63. The zero-order chi connectivity index (χ0) is 31.1. The van der Waals surface area contributed by atoms with Crippen molar-refractivity contribution >= 4 is 34.4 Å². The van der Waals surface area contributed by atoms with E-state index in [9.17, 15) is 9.59 Å². The standard InChI is InChI=1S/C29H55N3O6Si2/c1-15-35-25(33)23-22(30)20(17-31-23)24-21(38-40(13,14)29(8,9)10)16-19(18-36-39(11,12)28(5,6)7)32(24)26(34)37-27(2,3)4/h17,19,21,24,31H,15-16,18,30H2,1-14H3/t19-,21+,24-/m0/s1. The van der Waals surface area contributed by atoms with Crippen LogP contribution in [0, 0.1) is 0 Å². The number of anilines is 1. The van der Waals surface area contributed by atoms with Gasteiger partial charge in [-0.05, 0) is 70.4 Å². The Hall–Kier alpha value is -1.83. The van der Waals surface area contributed by atoms with Gasteiger partial charge in [0.15, 0.2) is 16.6 Å². The molecule has 1 amide bonds. The molecule has 0 spiro atoms. The van der Waals surface area contributed by atoms with Crippen LogP contribution in [0.25, 0.3) is 0 Å². The number of nitrogens with one attached hydrogen (secondary N) is 1. The minimum absolute atomic E-state index is 0.0123. The van der Waals surface area contributed by atoms with Gasteiger partial charge in [-0.2, -0.15) is 0 Å². The molecule has 0 aliphatic carbocycles. The quantitative estimate of drug-likeness (QED) is 0.240. The van der Waals surface area contributed by atoms with Crippen LogP contribution in [0.15, 0.2) is 6.20 Å². The van der Waals surface area contributed by atoms with Crippen molar-refractivity contribution in [3.63, 3.8) is 0 Å². The molecular weight excluding hydrogens is 543 g/mol. The van der Waals surface area contributed by atoms with Crippen molar-refractivity contribution in [2.75, 3.05) is 18.9 Å². The van der Waals surface area contributed by atoms with Crippen LogP contribution >= 0.6 is 0 Å². The molecule has 0 aromatic carbocycles. The highest BCUT2D eigenvalue weighted by molar-refractivity contribution is 6.74. The van der Waals surface area contributed by atoms with E-state index in [-0.39, 0.29) is 40.2 Å². The number of ether oxygens (including phenoxy) is 2. The fraction of sp³-hybridized carbons (Fsp3) is 0.793. The Bertz CT molecular complexity index is 1050. The van der Waals surface area contributed by atoms with E-state index in [2.05, 4.69) is 72.7 Å². The number of carbonyl (C=O) groups is 2. The minimum atomic E-state index is -2.27. The van der Waals surface area contributed by atoms with Crippen LogP contribution in [-0.4, -0.2) is 69.5 Å². The van der Waals surface area contributed by atoms with Crippen LogP contribution in [0.3, 0.4) is 0 Å². The number of nitrogens with two attached hydrogens (primary N) is 1. The molecular formula is C29H55N3O6Si2. The lowest BCUT2D eigenvalue weighted by molar-refractivity contribution is 0.00480. The second-order valence-corrected chi connectivity index (χ2v) is 24.5. The maximum absolute atomic E-state index is 13.9. The maximum Gasteiger partial charge on any atom is 0.411 e. The molecule has 3 N–H and O–H groups in total. The van der Waals surface area contributed by atoms with Gasteiger partial charge < -0.3 is 29.0 Å². The van der Waals surface area contributed by atoms with E-state index in [1.54, 1.807) is 18.0 Å². The molecule has 1 aliphatic rings. The van der Waals surface area contributed by atoms with Crippen LogP contribution < -0.4 is 5.73 Å². The molecule has 0 saturated carbocycles. The number of amides is 1. The van der Waals surface area contributed by atoms with E-state index in [0.717, 1.165) is 0 Å². The number of rotatable bonds is 8. The summed E-state index contributed by atoms with van der Waals surface area (Å²) >= 11 is 0. The Kier molecular flexibility index (Phi) is 10.2. The smallest absolute Gasteiger partial charge is 0.411 e. The first kappa shape index (κ1) is 34.4. The summed E-state index contributed by atoms with van der Waals surface area (Å²) in [5.74, 6) is -0.535. The van der Waals surface area contributed by atoms with Crippen molar-refractivity contribution in [3.8, 4) is 0 Å². The highest BCUT2D eigenvalue weighted by atomic mass is 28.4. The summed E-state index contributed by atoms with van der Waals surface area (Å²) in [5, 5.41) is -0.0395. The summed E-state index contributed by atoms with van der Waals surface area (Å²) in [7, 11) is -4.39. The first-order valence-electron chi connectivity index (χ1n) is 14.4. The summed E-state index contributed by atoms with van der Waals surface area (Å²) in [6.45, 7) is 29.9. The van der Waals surface area contributed by atoms with Gasteiger partial charge in [0, 0.05) is 11.8 Å². The number of likely N-dealkylation sites (tertiary alicyclic amines) is 1. The molecule has 0 unspecified atom stereocenters. The Morgan fingerprint density at radius 3 is 2.02 bits per heavy atom. The summed E-state index contributed by atoms with van der Waals surface area (Å²) in [5.41, 5.74) is 6.93. The van der Waals surface area contributed by atoms with Gasteiger partial charge in [-0.15, -0.1) is 0 Å². The highest BCUT2D eigenvalue weighted by Gasteiger charge is 2.52. The van der Waals surface area contributed by atoms with Crippen LogP contribution in [0.4, 0.5) is 10.5 Å². The van der Waals surface area contributed by atoms with E-state index in [4.69, 9.17) is 24.1 Å². The number of aromatic amines is 1. The third-order valence-corrected chi connectivity index (χ3v) is 17.6. The van der Waals surface area contributed by atoms with E-state index >= 15 is 0 Å². The molecule has 11 heteroatoms. The van der Waals surface area contributed by atoms with Gasteiger partial charge >= 0.3 is 12.1 Å². The van der Waals surface area contributed by atoms with E-state index in [0.29, 0.717) is 18.6 Å². The zero-order valence-corrected chi connectivity index (χ0v) is 29.4. The molecule has 1 aromatic rings. The first-order chi connectivity index (χ1) is 17.9. The van der Waals surface area contributed by atoms with Crippen molar-refractivity contribution in [1.82, 2.24) is 9.88 Å². The van der Waals surface area contributed by atoms with Crippen molar-refractivity contribution in [3.05, 3.63) is 17.5 Å². The minimum Gasteiger partial charge on any atom is -0.461 e. The molecule has 0 bridgehead atoms.